The van der Waals surface area contributed by atoms with Crippen molar-refractivity contribution in [2.24, 2.45) is 4.36 Å². The second kappa shape index (κ2) is 3.22. The van der Waals surface area contributed by atoms with Crippen LogP contribution in [0.4, 0.5) is 10.1 Å². The molecule has 0 bridgehead atoms. The fraction of sp³-hybridized carbons (Fsp3) is 0. The third kappa shape index (κ3) is 1.48. The van der Waals surface area contributed by atoms with Crippen molar-refractivity contribution in [1.29, 1.82) is 0 Å². The van der Waals surface area contributed by atoms with Crippen molar-refractivity contribution in [3.63, 3.8) is 0 Å². The standard InChI is InChI=1S/C6H4FNOS/c7-5-3-1-2-4-6(5)8-10-9/h1-4H. The van der Waals surface area contributed by atoms with Crippen molar-refractivity contribution in [2.45, 2.75) is 0 Å². The van der Waals surface area contributed by atoms with Crippen LogP contribution in [0.15, 0.2) is 28.6 Å². The molecule has 52 valence electrons. The first-order valence-electron chi connectivity index (χ1n) is 2.59. The van der Waals surface area contributed by atoms with E-state index in [1.807, 2.05) is 0 Å². The van der Waals surface area contributed by atoms with Gasteiger partial charge in [0, 0.05) is 0 Å². The fourth-order valence-corrected chi connectivity index (χ4v) is 0.794. The van der Waals surface area contributed by atoms with Crippen LogP contribution in [0.2, 0.25) is 0 Å². The van der Waals surface area contributed by atoms with E-state index in [1.54, 1.807) is 12.1 Å². The molecule has 0 aliphatic rings. The molecule has 1 aromatic carbocycles. The molecule has 1 aromatic rings. The van der Waals surface area contributed by atoms with Gasteiger partial charge in [0.15, 0.2) is 0 Å². The number of benzene rings is 1. The van der Waals surface area contributed by atoms with Gasteiger partial charge in [-0.3, -0.25) is 0 Å². The van der Waals surface area contributed by atoms with E-state index in [1.165, 1.54) is 12.1 Å². The highest BCUT2D eigenvalue weighted by Crippen LogP contribution is 2.14. The first kappa shape index (κ1) is 7.08. The van der Waals surface area contributed by atoms with E-state index < -0.39 is 5.82 Å². The summed E-state index contributed by atoms with van der Waals surface area (Å²) in [6, 6.07) is 5.87. The second-order valence-electron chi connectivity index (χ2n) is 1.62. The van der Waals surface area contributed by atoms with Gasteiger partial charge >= 0.3 is 0 Å². The minimum atomic E-state index is -0.467. The Bertz CT molecular complexity index is 283. The van der Waals surface area contributed by atoms with Crippen LogP contribution in [0.1, 0.15) is 0 Å². The molecule has 0 saturated carbocycles. The molecule has 0 unspecified atom stereocenters. The molecule has 0 saturated heterocycles. The van der Waals surface area contributed by atoms with Crippen LogP contribution < -0.4 is 0 Å². The predicted octanol–water partition coefficient (Wildman–Crippen LogP) is 1.85. The number of hydrogen-bond acceptors (Lipinski definition) is 2. The van der Waals surface area contributed by atoms with Crippen LogP contribution >= 0.6 is 0 Å². The van der Waals surface area contributed by atoms with E-state index in [0.717, 1.165) is 0 Å². The summed E-state index contributed by atoms with van der Waals surface area (Å²) in [4.78, 5) is 0. The second-order valence-corrected chi connectivity index (χ2v) is 1.95. The minimum absolute atomic E-state index is 0.00389. The van der Waals surface area contributed by atoms with Crippen molar-refractivity contribution in [2.75, 3.05) is 0 Å². The number of nitrogens with zero attached hydrogens (tertiary/aromatic N) is 1. The summed E-state index contributed by atoms with van der Waals surface area (Å²) in [5.41, 5.74) is 0.0995. The van der Waals surface area contributed by atoms with Crippen LogP contribution in [0, 0.1) is 5.82 Å². The van der Waals surface area contributed by atoms with E-state index in [9.17, 15) is 8.60 Å². The van der Waals surface area contributed by atoms with Crippen LogP contribution in [-0.4, -0.2) is 4.21 Å². The molecule has 0 aromatic heterocycles. The van der Waals surface area contributed by atoms with Crippen molar-refractivity contribution in [1.82, 2.24) is 0 Å². The molecular weight excluding hydrogens is 153 g/mol. The van der Waals surface area contributed by atoms with Crippen LogP contribution in [-0.2, 0) is 11.5 Å². The van der Waals surface area contributed by atoms with Crippen molar-refractivity contribution >= 4 is 17.2 Å². The van der Waals surface area contributed by atoms with Gasteiger partial charge in [0.25, 0.3) is 0 Å². The normalized spacial score (nSPS) is 8.90. The van der Waals surface area contributed by atoms with E-state index in [2.05, 4.69) is 4.36 Å². The molecule has 10 heavy (non-hydrogen) atoms. The lowest BCUT2D eigenvalue weighted by molar-refractivity contribution is 0.630. The third-order valence-corrected chi connectivity index (χ3v) is 1.26. The molecule has 0 amide bonds. The van der Waals surface area contributed by atoms with Gasteiger partial charge < -0.3 is 0 Å². The van der Waals surface area contributed by atoms with E-state index in [0.29, 0.717) is 0 Å². The lowest BCUT2D eigenvalue weighted by atomic mass is 10.3. The molecule has 0 aliphatic carbocycles. The number of hydrogen-bond donors (Lipinski definition) is 0. The zero-order valence-corrected chi connectivity index (χ0v) is 5.77. The summed E-state index contributed by atoms with van der Waals surface area (Å²) < 4.78 is 25.7. The Kier molecular flexibility index (Phi) is 2.28. The van der Waals surface area contributed by atoms with Crippen LogP contribution in [0.25, 0.3) is 0 Å². The minimum Gasteiger partial charge on any atom is -0.205 e. The monoisotopic (exact) mass is 157 g/mol. The molecule has 0 N–H and O–H groups in total. The summed E-state index contributed by atoms with van der Waals surface area (Å²) in [5.74, 6) is -0.467. The molecule has 0 atom stereocenters. The summed E-state index contributed by atoms with van der Waals surface area (Å²) in [6.45, 7) is 0. The van der Waals surface area contributed by atoms with Gasteiger partial charge in [-0.05, 0) is 12.1 Å². The lowest BCUT2D eigenvalue weighted by Crippen LogP contribution is -1.70. The fourth-order valence-electron chi connectivity index (χ4n) is 0.566. The Labute approximate surface area is 60.9 Å². The summed E-state index contributed by atoms with van der Waals surface area (Å²) in [5, 5.41) is 0. The summed E-state index contributed by atoms with van der Waals surface area (Å²) >= 11 is 0.00389. The van der Waals surface area contributed by atoms with Gasteiger partial charge in [-0.15, -0.1) is 0 Å². The lowest BCUT2D eigenvalue weighted by Gasteiger charge is -1.88. The molecule has 0 aliphatic heterocycles. The van der Waals surface area contributed by atoms with E-state index >= 15 is 0 Å². The summed E-state index contributed by atoms with van der Waals surface area (Å²) in [7, 11) is 0. The van der Waals surface area contributed by atoms with Gasteiger partial charge in [0.1, 0.15) is 11.5 Å². The smallest absolute Gasteiger partial charge is 0.205 e. The summed E-state index contributed by atoms with van der Waals surface area (Å²) in [6.07, 6.45) is 0. The highest BCUT2D eigenvalue weighted by Gasteiger charge is 1.95. The average Bonchev–Trinajstić information content (AvgIpc) is 1.94. The Hall–Kier alpha value is -1.03. The Morgan fingerprint density at radius 1 is 1.40 bits per heavy atom. The molecule has 0 radical (unpaired) electrons. The SMILES string of the molecule is O=S=Nc1ccccc1F. The maximum Gasteiger partial charge on any atom is 0.205 e. The van der Waals surface area contributed by atoms with Gasteiger partial charge in [-0.1, -0.05) is 12.1 Å². The first-order valence-corrected chi connectivity index (χ1v) is 3.29. The highest BCUT2D eigenvalue weighted by molar-refractivity contribution is 7.54. The van der Waals surface area contributed by atoms with Gasteiger partial charge in [-0.25, -0.2) is 4.39 Å². The highest BCUT2D eigenvalue weighted by atomic mass is 32.1. The Morgan fingerprint density at radius 3 is 2.70 bits per heavy atom. The van der Waals surface area contributed by atoms with Crippen LogP contribution in [0.5, 0.6) is 0 Å². The maximum atomic E-state index is 12.5. The van der Waals surface area contributed by atoms with Crippen LogP contribution in [0.3, 0.4) is 0 Å². The Balaban J connectivity index is 3.14. The topological polar surface area (TPSA) is 29.4 Å². The van der Waals surface area contributed by atoms with Gasteiger partial charge in [-0.2, -0.15) is 8.57 Å². The van der Waals surface area contributed by atoms with E-state index in [-0.39, 0.29) is 17.2 Å². The van der Waals surface area contributed by atoms with Crippen molar-refractivity contribution < 1.29 is 8.60 Å². The van der Waals surface area contributed by atoms with Crippen molar-refractivity contribution in [3.8, 4) is 0 Å². The molecule has 1 rings (SSSR count). The number of rotatable bonds is 1. The largest absolute Gasteiger partial charge is 0.205 e. The quantitative estimate of drug-likeness (QED) is 0.611. The maximum absolute atomic E-state index is 12.5. The predicted molar refractivity (Wildman–Crippen MR) is 36.6 cm³/mol. The third-order valence-electron chi connectivity index (χ3n) is 0.988. The molecule has 2 nitrogen and oxygen atoms in total. The molecule has 0 fully saturated rings. The van der Waals surface area contributed by atoms with Gasteiger partial charge in [0.05, 0.1) is 0 Å². The molecular formula is C6H4FNOS. The zero-order chi connectivity index (χ0) is 7.40. The zero-order valence-electron chi connectivity index (χ0n) is 4.95. The number of halogens is 1. The molecule has 0 spiro atoms. The average molecular weight is 157 g/mol. The first-order chi connectivity index (χ1) is 4.84. The Morgan fingerprint density at radius 2 is 2.10 bits per heavy atom. The van der Waals surface area contributed by atoms with Gasteiger partial charge in [0.2, 0.25) is 11.5 Å². The molecule has 4 heteroatoms. The van der Waals surface area contributed by atoms with E-state index in [4.69, 9.17) is 0 Å². The molecule has 0 heterocycles. The van der Waals surface area contributed by atoms with Crippen molar-refractivity contribution in [3.05, 3.63) is 30.1 Å².